The number of rotatable bonds is 2. The molecule has 5 heterocycles. The van der Waals surface area contributed by atoms with Crippen LogP contribution in [-0.2, 0) is 29.3 Å². The summed E-state index contributed by atoms with van der Waals surface area (Å²) in [5.74, 6) is -0.852. The number of hydrogen-bond donors (Lipinski definition) is 0. The zero-order valence-corrected chi connectivity index (χ0v) is 16.9. The Morgan fingerprint density at radius 3 is 2.79 bits per heavy atom. The van der Waals surface area contributed by atoms with E-state index in [1.54, 1.807) is 4.90 Å². The van der Waals surface area contributed by atoms with Gasteiger partial charge in [0.2, 0.25) is 11.5 Å². The largest absolute Gasteiger partial charge is 0.466 e. The van der Waals surface area contributed by atoms with E-state index in [2.05, 4.69) is 0 Å². The first-order valence-corrected chi connectivity index (χ1v) is 10.4. The van der Waals surface area contributed by atoms with Gasteiger partial charge in [-0.25, -0.2) is 4.79 Å². The molecule has 5 aliphatic rings. The van der Waals surface area contributed by atoms with Gasteiger partial charge in [-0.1, -0.05) is 25.1 Å². The fourth-order valence-corrected chi connectivity index (χ4v) is 7.80. The molecule has 5 atom stereocenters. The Labute approximate surface area is 168 Å². The van der Waals surface area contributed by atoms with E-state index in [9.17, 15) is 14.4 Å². The van der Waals surface area contributed by atoms with Crippen LogP contribution in [0.15, 0.2) is 24.3 Å². The molecule has 7 heteroatoms. The molecule has 0 saturated carbocycles. The molecule has 0 aromatic heterocycles. The third kappa shape index (κ3) is 1.33. The summed E-state index contributed by atoms with van der Waals surface area (Å²) < 4.78 is 11.9. The molecule has 4 saturated heterocycles. The lowest BCUT2D eigenvalue weighted by Crippen LogP contribution is -2.74. The highest BCUT2D eigenvalue weighted by Gasteiger charge is 2.96. The van der Waals surface area contributed by atoms with Gasteiger partial charge in [0, 0.05) is 25.7 Å². The fraction of sp³-hybridized carbons (Fsp3) is 0.591. The number of para-hydroxylation sites is 1. The van der Waals surface area contributed by atoms with Gasteiger partial charge in [-0.2, -0.15) is 0 Å². The van der Waals surface area contributed by atoms with Gasteiger partial charge in [-0.05, 0) is 30.9 Å². The Morgan fingerprint density at radius 2 is 2.07 bits per heavy atom. The number of hydrogen-bond acceptors (Lipinski definition) is 6. The lowest BCUT2D eigenvalue weighted by molar-refractivity contribution is -0.210. The van der Waals surface area contributed by atoms with E-state index in [0.29, 0.717) is 19.4 Å². The molecule has 7 nitrogen and oxygen atoms in total. The van der Waals surface area contributed by atoms with Crippen molar-refractivity contribution in [3.63, 3.8) is 0 Å². The van der Waals surface area contributed by atoms with Crippen molar-refractivity contribution < 1.29 is 23.9 Å². The summed E-state index contributed by atoms with van der Waals surface area (Å²) in [6.45, 7) is 2.52. The van der Waals surface area contributed by atoms with Gasteiger partial charge >= 0.3 is 5.97 Å². The van der Waals surface area contributed by atoms with Crippen LogP contribution in [-0.4, -0.2) is 60.6 Å². The summed E-state index contributed by atoms with van der Waals surface area (Å²) in [5.41, 5.74) is -2.58. The maximum Gasteiger partial charge on any atom is 0.348 e. The summed E-state index contributed by atoms with van der Waals surface area (Å²) in [7, 11) is 3.19. The summed E-state index contributed by atoms with van der Waals surface area (Å²) >= 11 is 0. The predicted molar refractivity (Wildman–Crippen MR) is 102 cm³/mol. The number of carbonyl (C=O) groups excluding carboxylic acids is 3. The number of ether oxygens (including phenoxy) is 2. The maximum atomic E-state index is 14.1. The zero-order chi connectivity index (χ0) is 20.4. The number of esters is 1. The van der Waals surface area contributed by atoms with Crippen LogP contribution < -0.4 is 4.90 Å². The van der Waals surface area contributed by atoms with E-state index in [-0.39, 0.29) is 18.1 Å². The number of fused-ring (bicyclic) bond motifs is 3. The van der Waals surface area contributed by atoms with E-state index in [0.717, 1.165) is 17.7 Å². The molecule has 0 unspecified atom stereocenters. The van der Waals surface area contributed by atoms with E-state index in [1.165, 1.54) is 7.11 Å². The van der Waals surface area contributed by atoms with E-state index in [4.69, 9.17) is 9.47 Å². The molecule has 2 bridgehead atoms. The van der Waals surface area contributed by atoms with Crippen molar-refractivity contribution >= 4 is 23.3 Å². The highest BCUT2D eigenvalue weighted by Crippen LogP contribution is 2.78. The van der Waals surface area contributed by atoms with Crippen molar-refractivity contribution in [1.29, 1.82) is 0 Å². The lowest BCUT2D eigenvalue weighted by atomic mass is 9.48. The molecule has 152 valence electrons. The number of Topliss-reactive ketones (excluding diaryl/α,β-unsaturated/α-hetero) is 1. The molecule has 4 fully saturated rings. The number of nitrogens with zero attached hydrogens (tertiary/aromatic N) is 2. The second-order valence-electron chi connectivity index (χ2n) is 9.07. The van der Waals surface area contributed by atoms with Crippen LogP contribution in [0.2, 0.25) is 0 Å². The highest BCUT2D eigenvalue weighted by molar-refractivity contribution is 6.17. The molecular formula is C22H24N2O5. The van der Waals surface area contributed by atoms with Crippen molar-refractivity contribution in [2.24, 2.45) is 5.41 Å². The van der Waals surface area contributed by atoms with E-state index < -0.39 is 34.2 Å². The molecule has 5 aliphatic heterocycles. The SMILES string of the molecule is CC[C@@]12CCCN3C(=O)C[C@]45c6ccccc6N(C)[C@H]4[C@](C(=O)OC)(O[C@@]315)C2=O. The number of ketones is 1. The topological polar surface area (TPSA) is 76.2 Å². The predicted octanol–water partition coefficient (Wildman–Crippen LogP) is 1.39. The van der Waals surface area contributed by atoms with Gasteiger partial charge in [0.1, 0.15) is 0 Å². The van der Waals surface area contributed by atoms with Crippen molar-refractivity contribution in [1.82, 2.24) is 4.90 Å². The first-order chi connectivity index (χ1) is 13.9. The van der Waals surface area contributed by atoms with Gasteiger partial charge in [-0.3, -0.25) is 9.59 Å². The molecular weight excluding hydrogens is 372 g/mol. The third-order valence-electron chi connectivity index (χ3n) is 8.53. The molecule has 1 amide bonds. The van der Waals surface area contributed by atoms with E-state index >= 15 is 0 Å². The monoisotopic (exact) mass is 396 g/mol. The molecule has 2 spiro atoms. The van der Waals surface area contributed by atoms with Crippen molar-refractivity contribution in [2.45, 2.75) is 55.4 Å². The lowest BCUT2D eigenvalue weighted by Gasteiger charge is -2.56. The summed E-state index contributed by atoms with van der Waals surface area (Å²) in [4.78, 5) is 44.5. The number of piperidine rings is 1. The molecule has 0 radical (unpaired) electrons. The van der Waals surface area contributed by atoms with Crippen LogP contribution >= 0.6 is 0 Å². The van der Waals surface area contributed by atoms with E-state index in [1.807, 2.05) is 43.1 Å². The molecule has 1 aromatic carbocycles. The van der Waals surface area contributed by atoms with Gasteiger partial charge in [-0.15, -0.1) is 0 Å². The van der Waals surface area contributed by atoms with Crippen LogP contribution in [0.25, 0.3) is 0 Å². The normalized spacial score (nSPS) is 43.5. The second-order valence-corrected chi connectivity index (χ2v) is 9.07. The minimum absolute atomic E-state index is 0.00536. The second kappa shape index (κ2) is 4.83. The van der Waals surface area contributed by atoms with Gasteiger partial charge < -0.3 is 19.3 Å². The van der Waals surface area contributed by atoms with Crippen molar-refractivity contribution in [2.75, 3.05) is 25.6 Å². The maximum absolute atomic E-state index is 14.1. The van der Waals surface area contributed by atoms with Crippen LogP contribution in [0.3, 0.4) is 0 Å². The zero-order valence-electron chi connectivity index (χ0n) is 16.9. The van der Waals surface area contributed by atoms with Gasteiger partial charge in [0.25, 0.3) is 0 Å². The number of likely N-dealkylation sites (N-methyl/N-ethyl adjacent to an activating group) is 1. The molecule has 0 aliphatic carbocycles. The highest BCUT2D eigenvalue weighted by atomic mass is 16.6. The number of carbonyl (C=O) groups is 3. The van der Waals surface area contributed by atoms with Crippen LogP contribution in [0, 0.1) is 5.41 Å². The Kier molecular flexibility index (Phi) is 2.91. The average Bonchev–Trinajstić information content (AvgIpc) is 3.33. The fourth-order valence-electron chi connectivity index (χ4n) is 7.80. The van der Waals surface area contributed by atoms with Gasteiger partial charge in [0.15, 0.2) is 11.5 Å². The Balaban J connectivity index is 1.78. The van der Waals surface area contributed by atoms with Crippen molar-refractivity contribution in [3.05, 3.63) is 29.8 Å². The molecule has 6 rings (SSSR count). The number of anilines is 1. The number of amides is 1. The first-order valence-electron chi connectivity index (χ1n) is 10.4. The van der Waals surface area contributed by atoms with Crippen LogP contribution in [0.1, 0.15) is 38.2 Å². The molecule has 0 N–H and O–H groups in total. The molecule has 1 aromatic rings. The standard InChI is InChI=1S/C22H24N2O5/c1-4-19-10-7-11-24-15(25)12-20-13-8-5-6-9-14(13)23(2)16(20)21(17(19)26,18(27)28-3)29-22(19,20)24/h5-6,8-9,16H,4,7,10-12H2,1-3H3/t16-,19+,20+,21+,22+/m1/s1. The summed E-state index contributed by atoms with van der Waals surface area (Å²) in [6.07, 6.45) is 2.11. The third-order valence-corrected chi connectivity index (χ3v) is 8.53. The smallest absolute Gasteiger partial charge is 0.348 e. The Hall–Kier alpha value is -2.41. The quantitative estimate of drug-likeness (QED) is 0.555. The first kappa shape index (κ1) is 17.4. The summed E-state index contributed by atoms with van der Waals surface area (Å²) in [6, 6.07) is 7.34. The van der Waals surface area contributed by atoms with Crippen LogP contribution in [0.5, 0.6) is 0 Å². The Bertz CT molecular complexity index is 1010. The van der Waals surface area contributed by atoms with Crippen LogP contribution in [0.4, 0.5) is 5.69 Å². The average molecular weight is 396 g/mol. The minimum atomic E-state index is -1.72. The Morgan fingerprint density at radius 1 is 1.31 bits per heavy atom. The van der Waals surface area contributed by atoms with Gasteiger partial charge in [0.05, 0.1) is 24.0 Å². The number of benzene rings is 1. The molecule has 29 heavy (non-hydrogen) atoms. The summed E-state index contributed by atoms with van der Waals surface area (Å²) in [5, 5.41) is 0. The minimum Gasteiger partial charge on any atom is -0.466 e. The number of methoxy groups -OCH3 is 1. The van der Waals surface area contributed by atoms with Crippen molar-refractivity contribution in [3.8, 4) is 0 Å².